The molecule has 0 saturated carbocycles. The smallest absolute Gasteiger partial charge is 0.305 e. The minimum absolute atomic E-state index is 0.186. The van der Waals surface area contributed by atoms with E-state index in [1.165, 1.54) is 0 Å². The predicted molar refractivity (Wildman–Crippen MR) is 81.6 cm³/mol. The summed E-state index contributed by atoms with van der Waals surface area (Å²) >= 11 is 5.82. The highest BCUT2D eigenvalue weighted by molar-refractivity contribution is 6.30. The fourth-order valence-corrected chi connectivity index (χ4v) is 2.21. The Bertz CT molecular complexity index is 622. The molecule has 5 nitrogen and oxygen atoms in total. The maximum Gasteiger partial charge on any atom is 0.305 e. The van der Waals surface area contributed by atoms with Crippen molar-refractivity contribution in [3.8, 4) is 0 Å². The van der Waals surface area contributed by atoms with Crippen molar-refractivity contribution in [3.63, 3.8) is 0 Å². The van der Waals surface area contributed by atoms with Crippen LogP contribution in [0.1, 0.15) is 30.2 Å². The number of amides is 1. The minimum atomic E-state index is -0.980. The van der Waals surface area contributed by atoms with Crippen LogP contribution in [0.3, 0.4) is 0 Å². The highest BCUT2D eigenvalue weighted by Gasteiger charge is 2.18. The number of hydrogen-bond donors (Lipinski definition) is 2. The van der Waals surface area contributed by atoms with Crippen LogP contribution in [-0.4, -0.2) is 17.0 Å². The van der Waals surface area contributed by atoms with E-state index in [0.29, 0.717) is 17.0 Å². The van der Waals surface area contributed by atoms with Gasteiger partial charge in [0.2, 0.25) is 5.91 Å². The highest BCUT2D eigenvalue weighted by Crippen LogP contribution is 2.20. The summed E-state index contributed by atoms with van der Waals surface area (Å²) < 4.78 is 5.16. The fourth-order valence-electron chi connectivity index (χ4n) is 2.08. The van der Waals surface area contributed by atoms with Crippen molar-refractivity contribution in [1.29, 1.82) is 0 Å². The summed E-state index contributed by atoms with van der Waals surface area (Å²) in [5.74, 6) is -0.486. The summed E-state index contributed by atoms with van der Waals surface area (Å²) in [4.78, 5) is 23.0. The molecule has 1 amide bonds. The van der Waals surface area contributed by atoms with Gasteiger partial charge in [-0.15, -0.1) is 0 Å². The first-order valence-electron chi connectivity index (χ1n) is 6.83. The normalized spacial score (nSPS) is 11.9. The maximum atomic E-state index is 12.0. The Labute approximate surface area is 132 Å². The molecule has 1 atom stereocenters. The van der Waals surface area contributed by atoms with Gasteiger partial charge >= 0.3 is 5.97 Å². The van der Waals surface area contributed by atoms with E-state index in [9.17, 15) is 9.59 Å². The maximum absolute atomic E-state index is 12.0. The molecule has 0 aliphatic heterocycles. The molecule has 2 N–H and O–H groups in total. The zero-order valence-electron chi connectivity index (χ0n) is 11.8. The van der Waals surface area contributed by atoms with E-state index < -0.39 is 12.0 Å². The van der Waals surface area contributed by atoms with Gasteiger partial charge in [0, 0.05) is 17.9 Å². The van der Waals surface area contributed by atoms with Gasteiger partial charge in [0.05, 0.1) is 18.7 Å². The Kier molecular flexibility index (Phi) is 5.61. The number of carboxylic acids is 1. The average Bonchev–Trinajstić information content (AvgIpc) is 2.98. The number of aryl methyl sites for hydroxylation is 1. The third-order valence-electron chi connectivity index (χ3n) is 3.16. The first kappa shape index (κ1) is 16.1. The summed E-state index contributed by atoms with van der Waals surface area (Å²) in [5, 5.41) is 12.3. The molecule has 116 valence electrons. The second kappa shape index (κ2) is 7.66. The number of benzene rings is 1. The zero-order chi connectivity index (χ0) is 15.9. The Morgan fingerprint density at radius 1 is 1.23 bits per heavy atom. The number of carbonyl (C=O) groups excluding carboxylic acids is 1. The molecule has 0 aliphatic rings. The van der Waals surface area contributed by atoms with Crippen LogP contribution in [0.15, 0.2) is 47.1 Å². The van der Waals surface area contributed by atoms with Crippen molar-refractivity contribution < 1.29 is 19.1 Å². The lowest BCUT2D eigenvalue weighted by atomic mass is 10.0. The van der Waals surface area contributed by atoms with Crippen molar-refractivity contribution in [1.82, 2.24) is 5.32 Å². The molecule has 0 saturated heterocycles. The number of carbonyl (C=O) groups is 2. The molecular formula is C16H16ClNO4. The fraction of sp³-hybridized carbons (Fsp3) is 0.250. The van der Waals surface area contributed by atoms with Crippen LogP contribution in [0.2, 0.25) is 5.02 Å². The van der Waals surface area contributed by atoms with Gasteiger partial charge < -0.3 is 14.8 Å². The van der Waals surface area contributed by atoms with E-state index in [1.54, 1.807) is 42.7 Å². The number of halogens is 1. The molecule has 1 aromatic carbocycles. The standard InChI is InChI=1S/C16H16ClNO4/c17-12-5-3-11(4-6-12)14(10-16(20)21)18-15(19)8-7-13-2-1-9-22-13/h1-6,9,14H,7-8,10H2,(H,18,19)(H,20,21)/t14-/m0/s1. The lowest BCUT2D eigenvalue weighted by molar-refractivity contribution is -0.137. The van der Waals surface area contributed by atoms with Crippen LogP contribution < -0.4 is 5.32 Å². The number of furan rings is 1. The van der Waals surface area contributed by atoms with Crippen LogP contribution in [0.4, 0.5) is 0 Å². The molecule has 0 bridgehead atoms. The van der Waals surface area contributed by atoms with Gasteiger partial charge in [0.1, 0.15) is 5.76 Å². The SMILES string of the molecule is O=C(O)C[C@H](NC(=O)CCc1ccco1)c1ccc(Cl)cc1. The third-order valence-corrected chi connectivity index (χ3v) is 3.42. The van der Waals surface area contributed by atoms with Gasteiger partial charge in [0.15, 0.2) is 0 Å². The molecule has 22 heavy (non-hydrogen) atoms. The first-order valence-corrected chi connectivity index (χ1v) is 7.21. The zero-order valence-corrected chi connectivity index (χ0v) is 12.5. The molecule has 2 aromatic rings. The number of nitrogens with one attached hydrogen (secondary N) is 1. The van der Waals surface area contributed by atoms with Crippen molar-refractivity contribution >= 4 is 23.5 Å². The number of hydrogen-bond acceptors (Lipinski definition) is 3. The van der Waals surface area contributed by atoms with Crippen molar-refractivity contribution in [2.75, 3.05) is 0 Å². The predicted octanol–water partition coefficient (Wildman–Crippen LogP) is 3.20. The molecule has 6 heteroatoms. The molecular weight excluding hydrogens is 306 g/mol. The Morgan fingerprint density at radius 2 is 1.95 bits per heavy atom. The number of rotatable bonds is 7. The molecule has 2 rings (SSSR count). The average molecular weight is 322 g/mol. The van der Waals surface area contributed by atoms with Gasteiger partial charge in [-0.3, -0.25) is 9.59 Å². The molecule has 1 aromatic heterocycles. The molecule has 0 fully saturated rings. The van der Waals surface area contributed by atoms with Crippen molar-refractivity contribution in [2.45, 2.75) is 25.3 Å². The summed E-state index contributed by atoms with van der Waals surface area (Å²) in [5.41, 5.74) is 0.707. The highest BCUT2D eigenvalue weighted by atomic mass is 35.5. The Hall–Kier alpha value is -2.27. The first-order chi connectivity index (χ1) is 10.5. The molecule has 0 unspecified atom stereocenters. The third kappa shape index (κ3) is 4.93. The van der Waals surface area contributed by atoms with E-state index >= 15 is 0 Å². The summed E-state index contributed by atoms with van der Waals surface area (Å²) in [6.07, 6.45) is 2.07. The van der Waals surface area contributed by atoms with Crippen molar-refractivity contribution in [3.05, 3.63) is 59.0 Å². The topological polar surface area (TPSA) is 79.5 Å². The van der Waals surface area contributed by atoms with Gasteiger partial charge in [-0.2, -0.15) is 0 Å². The van der Waals surface area contributed by atoms with Crippen LogP contribution in [0.25, 0.3) is 0 Å². The van der Waals surface area contributed by atoms with Crippen LogP contribution in [0.5, 0.6) is 0 Å². The largest absolute Gasteiger partial charge is 0.481 e. The molecule has 1 heterocycles. The quantitative estimate of drug-likeness (QED) is 0.820. The summed E-state index contributed by atoms with van der Waals surface area (Å²) in [6.45, 7) is 0. The second-order valence-corrected chi connectivity index (χ2v) is 5.29. The minimum Gasteiger partial charge on any atom is -0.481 e. The van der Waals surface area contributed by atoms with E-state index in [1.807, 2.05) is 0 Å². The van der Waals surface area contributed by atoms with Gasteiger partial charge in [0.25, 0.3) is 0 Å². The Balaban J connectivity index is 1.98. The van der Waals surface area contributed by atoms with E-state index in [2.05, 4.69) is 5.32 Å². The van der Waals surface area contributed by atoms with E-state index in [-0.39, 0.29) is 18.7 Å². The van der Waals surface area contributed by atoms with Gasteiger partial charge in [-0.25, -0.2) is 0 Å². The summed E-state index contributed by atoms with van der Waals surface area (Å²) in [7, 11) is 0. The summed E-state index contributed by atoms with van der Waals surface area (Å²) in [6, 6.07) is 9.72. The lowest BCUT2D eigenvalue weighted by Gasteiger charge is -2.17. The second-order valence-electron chi connectivity index (χ2n) is 4.85. The van der Waals surface area contributed by atoms with Crippen LogP contribution in [-0.2, 0) is 16.0 Å². The molecule has 0 spiro atoms. The van der Waals surface area contributed by atoms with Gasteiger partial charge in [-0.05, 0) is 29.8 Å². The van der Waals surface area contributed by atoms with Crippen LogP contribution >= 0.6 is 11.6 Å². The lowest BCUT2D eigenvalue weighted by Crippen LogP contribution is -2.30. The number of aliphatic carboxylic acids is 1. The van der Waals surface area contributed by atoms with Crippen LogP contribution in [0, 0.1) is 0 Å². The number of carboxylic acid groups (broad SMARTS) is 1. The Morgan fingerprint density at radius 3 is 2.55 bits per heavy atom. The van der Waals surface area contributed by atoms with E-state index in [4.69, 9.17) is 21.1 Å². The van der Waals surface area contributed by atoms with Crippen molar-refractivity contribution in [2.24, 2.45) is 0 Å². The monoisotopic (exact) mass is 321 g/mol. The molecule has 0 aliphatic carbocycles. The molecule has 0 radical (unpaired) electrons. The van der Waals surface area contributed by atoms with E-state index in [0.717, 1.165) is 5.76 Å². The van der Waals surface area contributed by atoms with Gasteiger partial charge in [-0.1, -0.05) is 23.7 Å².